The van der Waals surface area contributed by atoms with E-state index in [1.54, 1.807) is 51.1 Å². The summed E-state index contributed by atoms with van der Waals surface area (Å²) < 4.78 is 5.23. The first kappa shape index (κ1) is 18.8. The second-order valence-electron chi connectivity index (χ2n) is 7.13. The summed E-state index contributed by atoms with van der Waals surface area (Å²) in [6, 6.07) is 7.67. The Morgan fingerprint density at radius 3 is 2.24 bits per heavy atom. The largest absolute Gasteiger partial charge is 0.460 e. The zero-order valence-electron chi connectivity index (χ0n) is 14.9. The van der Waals surface area contributed by atoms with Crippen LogP contribution in [0.5, 0.6) is 0 Å². The zero-order chi connectivity index (χ0) is 18.8. The molecular weight excluding hydrogens is 322 g/mol. The summed E-state index contributed by atoms with van der Waals surface area (Å²) >= 11 is 0. The molecule has 0 spiro atoms. The van der Waals surface area contributed by atoms with E-state index in [9.17, 15) is 19.2 Å². The Bertz CT molecular complexity index is 690. The number of hydrogen-bond acceptors (Lipinski definition) is 5. The molecule has 2 rings (SSSR count). The van der Waals surface area contributed by atoms with E-state index in [0.717, 1.165) is 4.90 Å². The maximum absolute atomic E-state index is 12.7. The normalized spacial score (nSPS) is 20.0. The van der Waals surface area contributed by atoms with Crippen LogP contribution in [-0.4, -0.2) is 40.1 Å². The van der Waals surface area contributed by atoms with Gasteiger partial charge < -0.3 is 4.74 Å². The fourth-order valence-electron chi connectivity index (χ4n) is 2.92. The number of hydrogen-bond donors (Lipinski definition) is 0. The SMILES string of the molecule is CC(=O)N1C(=O)[C@@H](CCC(=O)OC(C)(C)C)[C@@H]1C(=O)c1ccccc1. The van der Waals surface area contributed by atoms with Gasteiger partial charge in [-0.2, -0.15) is 0 Å². The maximum atomic E-state index is 12.7. The summed E-state index contributed by atoms with van der Waals surface area (Å²) in [6.07, 6.45) is 0.207. The van der Waals surface area contributed by atoms with E-state index in [1.807, 2.05) is 0 Å². The fraction of sp³-hybridized carbons (Fsp3) is 0.474. The number of ketones is 1. The molecule has 1 aromatic carbocycles. The molecule has 6 heteroatoms. The Balaban J connectivity index is 2.11. The summed E-state index contributed by atoms with van der Waals surface area (Å²) in [6.45, 7) is 6.54. The lowest BCUT2D eigenvalue weighted by Crippen LogP contribution is -2.65. The average Bonchev–Trinajstić information content (AvgIpc) is 2.50. The van der Waals surface area contributed by atoms with Crippen molar-refractivity contribution in [2.24, 2.45) is 5.92 Å². The predicted octanol–water partition coefficient (Wildman–Crippen LogP) is 2.36. The van der Waals surface area contributed by atoms with E-state index < -0.39 is 35.3 Å². The van der Waals surface area contributed by atoms with Crippen LogP contribution in [0.1, 0.15) is 50.9 Å². The first-order chi connectivity index (χ1) is 11.6. The minimum absolute atomic E-state index is 0.0258. The molecule has 0 unspecified atom stereocenters. The summed E-state index contributed by atoms with van der Waals surface area (Å²) in [4.78, 5) is 49.5. The number of carbonyl (C=O) groups is 4. The molecule has 0 N–H and O–H groups in total. The first-order valence-corrected chi connectivity index (χ1v) is 8.26. The van der Waals surface area contributed by atoms with E-state index >= 15 is 0 Å². The van der Waals surface area contributed by atoms with Crippen molar-refractivity contribution in [1.82, 2.24) is 4.90 Å². The van der Waals surface area contributed by atoms with Crippen molar-refractivity contribution in [1.29, 1.82) is 0 Å². The van der Waals surface area contributed by atoms with Gasteiger partial charge in [0.25, 0.3) is 0 Å². The molecule has 1 heterocycles. The number of esters is 1. The fourth-order valence-corrected chi connectivity index (χ4v) is 2.92. The number of imide groups is 1. The molecule has 6 nitrogen and oxygen atoms in total. The molecule has 134 valence electrons. The highest BCUT2D eigenvalue weighted by molar-refractivity contribution is 6.14. The molecule has 0 bridgehead atoms. The highest BCUT2D eigenvalue weighted by Crippen LogP contribution is 2.33. The molecule has 1 fully saturated rings. The summed E-state index contributed by atoms with van der Waals surface area (Å²) in [5.74, 6) is -2.26. The van der Waals surface area contributed by atoms with E-state index in [2.05, 4.69) is 0 Å². The van der Waals surface area contributed by atoms with Crippen LogP contribution < -0.4 is 0 Å². The van der Waals surface area contributed by atoms with Gasteiger partial charge in [-0.05, 0) is 27.2 Å². The highest BCUT2D eigenvalue weighted by Gasteiger charge is 2.53. The molecule has 0 saturated carbocycles. The molecule has 1 saturated heterocycles. The zero-order valence-corrected chi connectivity index (χ0v) is 14.9. The van der Waals surface area contributed by atoms with Crippen LogP contribution in [0.25, 0.3) is 0 Å². The number of nitrogens with zero attached hydrogens (tertiary/aromatic N) is 1. The van der Waals surface area contributed by atoms with Gasteiger partial charge in [0.05, 0.1) is 5.92 Å². The van der Waals surface area contributed by atoms with Crippen molar-refractivity contribution in [2.45, 2.75) is 52.2 Å². The van der Waals surface area contributed by atoms with Gasteiger partial charge in [-0.15, -0.1) is 0 Å². The van der Waals surface area contributed by atoms with Crippen LogP contribution in [0.15, 0.2) is 30.3 Å². The van der Waals surface area contributed by atoms with Crippen molar-refractivity contribution in [3.63, 3.8) is 0 Å². The third-order valence-corrected chi connectivity index (χ3v) is 3.96. The van der Waals surface area contributed by atoms with Crippen molar-refractivity contribution < 1.29 is 23.9 Å². The third kappa shape index (κ3) is 4.32. The van der Waals surface area contributed by atoms with E-state index in [0.29, 0.717) is 5.56 Å². The monoisotopic (exact) mass is 345 g/mol. The van der Waals surface area contributed by atoms with Gasteiger partial charge in [0, 0.05) is 18.9 Å². The number of Topliss-reactive ketones (excluding diaryl/α,β-unsaturated/α-hetero) is 1. The standard InChI is InChI=1S/C19H23NO5/c1-12(21)20-16(17(23)13-8-6-5-7-9-13)14(18(20)24)10-11-15(22)25-19(2,3)4/h5-9,14,16H,10-11H2,1-4H3/t14-,16+/m0/s1. The van der Waals surface area contributed by atoms with Crippen LogP contribution in [0.3, 0.4) is 0 Å². The number of amides is 2. The van der Waals surface area contributed by atoms with Crippen molar-refractivity contribution in [3.05, 3.63) is 35.9 Å². The number of β-lactam (4-membered cyclic amide) rings is 1. The van der Waals surface area contributed by atoms with Gasteiger partial charge >= 0.3 is 5.97 Å². The quantitative estimate of drug-likeness (QED) is 0.465. The van der Waals surface area contributed by atoms with E-state index in [1.165, 1.54) is 6.92 Å². The van der Waals surface area contributed by atoms with Gasteiger partial charge in [-0.1, -0.05) is 30.3 Å². The van der Waals surface area contributed by atoms with Crippen molar-refractivity contribution in [2.75, 3.05) is 0 Å². The van der Waals surface area contributed by atoms with E-state index in [-0.39, 0.29) is 18.6 Å². The summed E-state index contributed by atoms with van der Waals surface area (Å²) in [5.41, 5.74) is -0.167. The molecule has 0 radical (unpaired) electrons. The van der Waals surface area contributed by atoms with Crippen LogP contribution in [0.2, 0.25) is 0 Å². The number of ether oxygens (including phenoxy) is 1. The second kappa shape index (κ2) is 7.17. The Kier molecular flexibility index (Phi) is 5.40. The highest BCUT2D eigenvalue weighted by atomic mass is 16.6. The van der Waals surface area contributed by atoms with Crippen molar-refractivity contribution >= 4 is 23.6 Å². The van der Waals surface area contributed by atoms with Gasteiger partial charge in [-0.25, -0.2) is 0 Å². The molecule has 1 aliphatic rings. The first-order valence-electron chi connectivity index (χ1n) is 8.26. The predicted molar refractivity (Wildman–Crippen MR) is 90.7 cm³/mol. The minimum Gasteiger partial charge on any atom is -0.460 e. The average molecular weight is 345 g/mol. The second-order valence-corrected chi connectivity index (χ2v) is 7.13. The van der Waals surface area contributed by atoms with Crippen LogP contribution >= 0.6 is 0 Å². The molecule has 1 aliphatic heterocycles. The molecule has 2 amide bonds. The Hall–Kier alpha value is -2.50. The molecule has 1 aromatic rings. The molecule has 0 aromatic heterocycles. The van der Waals surface area contributed by atoms with Gasteiger partial charge in [0.1, 0.15) is 11.6 Å². The van der Waals surface area contributed by atoms with Gasteiger partial charge in [0.15, 0.2) is 5.78 Å². The van der Waals surface area contributed by atoms with Gasteiger partial charge in [-0.3, -0.25) is 24.1 Å². The molecular formula is C19H23NO5. The third-order valence-electron chi connectivity index (χ3n) is 3.96. The molecule has 2 atom stereocenters. The van der Waals surface area contributed by atoms with Crippen LogP contribution in [-0.2, 0) is 19.1 Å². The minimum atomic E-state index is -0.852. The lowest BCUT2D eigenvalue weighted by molar-refractivity contribution is -0.163. The maximum Gasteiger partial charge on any atom is 0.306 e. The van der Waals surface area contributed by atoms with E-state index in [4.69, 9.17) is 4.74 Å². The number of carbonyl (C=O) groups excluding carboxylic acids is 4. The number of likely N-dealkylation sites (tertiary alicyclic amines) is 1. The van der Waals surface area contributed by atoms with Crippen LogP contribution in [0.4, 0.5) is 0 Å². The smallest absolute Gasteiger partial charge is 0.306 e. The topological polar surface area (TPSA) is 80.8 Å². The molecule has 0 aliphatic carbocycles. The summed E-state index contributed by atoms with van der Waals surface area (Å²) in [7, 11) is 0. The lowest BCUT2D eigenvalue weighted by Gasteiger charge is -2.44. The van der Waals surface area contributed by atoms with Crippen molar-refractivity contribution in [3.8, 4) is 0 Å². The summed E-state index contributed by atoms with van der Waals surface area (Å²) in [5, 5.41) is 0. The Morgan fingerprint density at radius 1 is 1.12 bits per heavy atom. The number of benzene rings is 1. The van der Waals surface area contributed by atoms with Crippen LogP contribution in [0, 0.1) is 5.92 Å². The number of rotatable bonds is 5. The lowest BCUT2D eigenvalue weighted by atomic mass is 9.79. The molecule has 25 heavy (non-hydrogen) atoms. The Labute approximate surface area is 147 Å². The van der Waals surface area contributed by atoms with Gasteiger partial charge in [0.2, 0.25) is 11.8 Å². The Morgan fingerprint density at radius 2 is 1.72 bits per heavy atom.